The topological polar surface area (TPSA) is 116 Å². The van der Waals surface area contributed by atoms with Gasteiger partial charge in [0.15, 0.2) is 0 Å². The van der Waals surface area contributed by atoms with Gasteiger partial charge in [0.1, 0.15) is 12.4 Å². The number of aliphatic hydroxyl groups is 1. The van der Waals surface area contributed by atoms with E-state index in [0.29, 0.717) is 11.3 Å². The molecule has 4 unspecified atom stereocenters. The Hall–Kier alpha value is -2.65. The minimum absolute atomic E-state index is 0. The third kappa shape index (κ3) is 3.96. The number of carbonyl (C=O) groups excluding carboxylic acids is 3. The Kier molecular flexibility index (Phi) is 7.35. The molecule has 3 aliphatic rings. The number of nitrogens with zero attached hydrogens (tertiary/aromatic N) is 1. The van der Waals surface area contributed by atoms with E-state index < -0.39 is 29.9 Å². The Bertz CT molecular complexity index is 1270. The second kappa shape index (κ2) is 10.0. The van der Waals surface area contributed by atoms with Gasteiger partial charge >= 0.3 is 35.5 Å². The fourth-order valence-electron chi connectivity index (χ4n) is 5.89. The van der Waals surface area contributed by atoms with Crippen LogP contribution in [0.2, 0.25) is 0 Å². The maximum atomic E-state index is 12.6. The Balaban J connectivity index is 0.00000304. The zero-order valence-corrected chi connectivity index (χ0v) is 22.7. The molecule has 2 aromatic rings. The van der Waals surface area contributed by atoms with Crippen LogP contribution < -0.4 is 39.4 Å². The van der Waals surface area contributed by atoms with E-state index in [1.54, 1.807) is 0 Å². The van der Waals surface area contributed by atoms with Crippen LogP contribution in [0.3, 0.4) is 0 Å². The van der Waals surface area contributed by atoms with Gasteiger partial charge in [-0.2, -0.15) is 0 Å². The maximum Gasteiger partial charge on any atom is 1.00 e. The smallest absolute Gasteiger partial charge is 0.543 e. The number of benzene rings is 2. The molecular weight excluding hydrogens is 473 g/mol. The zero-order valence-electron chi connectivity index (χ0n) is 20.7. The van der Waals surface area contributed by atoms with E-state index in [-0.39, 0.29) is 66.1 Å². The van der Waals surface area contributed by atoms with Gasteiger partial charge in [0.25, 0.3) is 0 Å². The van der Waals surface area contributed by atoms with Crippen LogP contribution in [-0.2, 0) is 19.1 Å². The number of ether oxygens (including phenoxy) is 2. The third-order valence-electron chi connectivity index (χ3n) is 7.53. The minimum atomic E-state index is -1.43. The van der Waals surface area contributed by atoms with Crippen LogP contribution in [0.15, 0.2) is 53.7 Å². The molecule has 182 valence electrons. The van der Waals surface area contributed by atoms with Gasteiger partial charge in [-0.25, -0.2) is 0 Å². The minimum Gasteiger partial charge on any atom is -0.543 e. The van der Waals surface area contributed by atoms with Crippen molar-refractivity contribution in [2.75, 3.05) is 13.7 Å². The molecule has 1 aliphatic carbocycles. The summed E-state index contributed by atoms with van der Waals surface area (Å²) in [6, 6.07) is 13.0. The van der Waals surface area contributed by atoms with Gasteiger partial charge in [0.05, 0.1) is 43.3 Å². The predicted octanol–water partition coefficient (Wildman–Crippen LogP) is -1.39. The number of aliphatic carboxylic acids is 1. The van der Waals surface area contributed by atoms with Gasteiger partial charge in [-0.05, 0) is 35.3 Å². The van der Waals surface area contributed by atoms with Crippen molar-refractivity contribution in [1.82, 2.24) is 4.90 Å². The number of aliphatic hydroxyl groups excluding tert-OH is 1. The van der Waals surface area contributed by atoms with Gasteiger partial charge < -0.3 is 29.4 Å². The molecule has 0 saturated carbocycles. The first-order chi connectivity index (χ1) is 16.8. The van der Waals surface area contributed by atoms with Crippen LogP contribution in [0.1, 0.15) is 37.3 Å². The molecule has 1 saturated heterocycles. The number of carbonyl (C=O) groups is 3. The average Bonchev–Trinajstić information content (AvgIpc) is 3.27. The monoisotopic (exact) mass is 499 g/mol. The third-order valence-corrected chi connectivity index (χ3v) is 7.53. The van der Waals surface area contributed by atoms with Crippen molar-refractivity contribution in [3.8, 4) is 16.9 Å². The first-order valence-corrected chi connectivity index (χ1v) is 11.6. The number of hydrogen-bond acceptors (Lipinski definition) is 7. The average molecular weight is 499 g/mol. The largest absolute Gasteiger partial charge is 1.00 e. The van der Waals surface area contributed by atoms with Crippen molar-refractivity contribution in [2.45, 2.75) is 38.3 Å². The standard InChI is InChI=1S/C27H27NO7.Na/c1-13-19(25(27(32)33)28-24(13)22(14(2)29)26(28)31)12-35-20-10-6-9-17-18(11-21(30)34-3)15-7-4-5-8-16(15)23(17)20;/h4-10,13-14,18,22,24,29H,11-12H2,1-3H3,(H,32,33);/q;+1/p-1/t13-,14?,18?,22?,24?;/m0./s1. The molecule has 36 heavy (non-hydrogen) atoms. The van der Waals surface area contributed by atoms with Crippen LogP contribution in [0.25, 0.3) is 11.1 Å². The summed E-state index contributed by atoms with van der Waals surface area (Å²) < 4.78 is 11.1. The van der Waals surface area contributed by atoms with Crippen LogP contribution in [0.4, 0.5) is 0 Å². The Morgan fingerprint density at radius 3 is 2.50 bits per heavy atom. The van der Waals surface area contributed by atoms with Crippen molar-refractivity contribution in [3.05, 3.63) is 64.9 Å². The number of fused-ring (bicyclic) bond motifs is 4. The van der Waals surface area contributed by atoms with Gasteiger partial charge in [-0.15, -0.1) is 0 Å². The first kappa shape index (κ1) is 26.4. The Labute approximate surface area is 231 Å². The molecule has 9 heteroatoms. The molecule has 2 aliphatic heterocycles. The summed E-state index contributed by atoms with van der Waals surface area (Å²) in [5.74, 6) is -2.72. The van der Waals surface area contributed by atoms with Gasteiger partial charge in [0, 0.05) is 17.4 Å². The zero-order chi connectivity index (χ0) is 25.0. The van der Waals surface area contributed by atoms with Crippen LogP contribution in [-0.4, -0.2) is 53.7 Å². The number of rotatable bonds is 7. The normalized spacial score (nSPS) is 24.2. The van der Waals surface area contributed by atoms with Gasteiger partial charge in [0.2, 0.25) is 5.91 Å². The summed E-state index contributed by atoms with van der Waals surface area (Å²) >= 11 is 0. The van der Waals surface area contributed by atoms with Gasteiger partial charge in [-0.1, -0.05) is 43.3 Å². The quantitative estimate of drug-likeness (QED) is 0.283. The number of carboxylic acid groups (broad SMARTS) is 1. The van der Waals surface area contributed by atoms with Crippen molar-refractivity contribution >= 4 is 17.8 Å². The molecule has 1 N–H and O–H groups in total. The molecule has 1 fully saturated rings. The van der Waals surface area contributed by atoms with E-state index >= 15 is 0 Å². The number of carboxylic acids is 1. The van der Waals surface area contributed by atoms with E-state index in [2.05, 4.69) is 0 Å². The summed E-state index contributed by atoms with van der Waals surface area (Å²) in [4.78, 5) is 37.9. The van der Waals surface area contributed by atoms with Crippen LogP contribution in [0, 0.1) is 11.8 Å². The molecule has 1 amide bonds. The summed E-state index contributed by atoms with van der Waals surface area (Å²) in [5.41, 5.74) is 4.05. The second-order valence-electron chi connectivity index (χ2n) is 9.34. The number of methoxy groups -OCH3 is 1. The summed E-state index contributed by atoms with van der Waals surface area (Å²) in [7, 11) is 1.37. The van der Waals surface area contributed by atoms with Crippen LogP contribution in [0.5, 0.6) is 5.75 Å². The molecule has 5 rings (SSSR count). The van der Waals surface area contributed by atoms with E-state index in [0.717, 1.165) is 22.3 Å². The first-order valence-electron chi connectivity index (χ1n) is 11.6. The number of amides is 1. The number of esters is 1. The molecule has 2 heterocycles. The predicted molar refractivity (Wildman–Crippen MR) is 123 cm³/mol. The summed E-state index contributed by atoms with van der Waals surface area (Å²) in [6.07, 6.45) is -0.685. The van der Waals surface area contributed by atoms with Crippen molar-refractivity contribution in [2.24, 2.45) is 11.8 Å². The second-order valence-corrected chi connectivity index (χ2v) is 9.34. The van der Waals surface area contributed by atoms with Gasteiger partial charge in [-0.3, -0.25) is 9.59 Å². The molecule has 0 aromatic heterocycles. The molecular formula is C27H26NNaO7. The van der Waals surface area contributed by atoms with Crippen molar-refractivity contribution < 1.29 is 63.6 Å². The van der Waals surface area contributed by atoms with Crippen molar-refractivity contribution in [1.29, 1.82) is 0 Å². The fraction of sp³-hybridized carbons (Fsp3) is 0.370. The SMILES string of the molecule is COC(=O)CC1c2ccccc2-c2c(OCC3=C(C(=O)[O-])N4C(=O)C(C(C)O)C4[C@H]3C)cccc21.[Na+]. The van der Waals surface area contributed by atoms with E-state index in [1.165, 1.54) is 18.9 Å². The molecule has 0 radical (unpaired) electrons. The maximum absolute atomic E-state index is 12.6. The fourth-order valence-corrected chi connectivity index (χ4v) is 5.89. The van der Waals surface area contributed by atoms with E-state index in [1.807, 2.05) is 49.4 Å². The molecule has 0 bridgehead atoms. The van der Waals surface area contributed by atoms with Crippen molar-refractivity contribution in [3.63, 3.8) is 0 Å². The molecule has 0 spiro atoms. The van der Waals surface area contributed by atoms with E-state index in [4.69, 9.17) is 9.47 Å². The summed E-state index contributed by atoms with van der Waals surface area (Å²) in [6.45, 7) is 3.33. The molecule has 8 nitrogen and oxygen atoms in total. The number of hydrogen-bond donors (Lipinski definition) is 1. The number of β-lactam (4-membered cyclic amide) rings is 1. The Morgan fingerprint density at radius 2 is 1.83 bits per heavy atom. The molecule has 5 atom stereocenters. The van der Waals surface area contributed by atoms with Crippen LogP contribution >= 0.6 is 0 Å². The molecule has 2 aromatic carbocycles. The Morgan fingerprint density at radius 1 is 1.14 bits per heavy atom. The van der Waals surface area contributed by atoms with E-state index in [9.17, 15) is 24.6 Å². The summed E-state index contributed by atoms with van der Waals surface area (Å²) in [5, 5.41) is 22.0.